The van der Waals surface area contributed by atoms with Crippen molar-refractivity contribution >= 4 is 11.6 Å². The van der Waals surface area contributed by atoms with Crippen LogP contribution < -0.4 is 5.32 Å². The van der Waals surface area contributed by atoms with Gasteiger partial charge in [0.25, 0.3) is 0 Å². The molecule has 0 radical (unpaired) electrons. The van der Waals surface area contributed by atoms with Crippen molar-refractivity contribution in [2.45, 2.75) is 12.8 Å². The van der Waals surface area contributed by atoms with Crippen LogP contribution in [0.2, 0.25) is 5.02 Å². The fourth-order valence-corrected chi connectivity index (χ4v) is 1.61. The van der Waals surface area contributed by atoms with Gasteiger partial charge in [-0.25, -0.2) is 0 Å². The monoisotopic (exact) mass is 251 g/mol. The molecule has 2 rings (SSSR count). The van der Waals surface area contributed by atoms with Gasteiger partial charge in [0.1, 0.15) is 0 Å². The maximum absolute atomic E-state index is 5.82. The Hall–Kier alpha value is -1.39. The first-order chi connectivity index (χ1) is 8.29. The zero-order valence-corrected chi connectivity index (χ0v) is 10.4. The third-order valence-corrected chi connectivity index (χ3v) is 2.63. The van der Waals surface area contributed by atoms with Crippen LogP contribution in [0.25, 0.3) is 11.5 Å². The van der Waals surface area contributed by atoms with Gasteiger partial charge in [-0.2, -0.15) is 0 Å². The molecule has 5 heteroatoms. The molecular formula is C12H14ClN3O. The lowest BCUT2D eigenvalue weighted by Gasteiger charge is -1.95. The van der Waals surface area contributed by atoms with Crippen molar-refractivity contribution < 1.29 is 4.42 Å². The lowest BCUT2D eigenvalue weighted by molar-refractivity contribution is 0.495. The zero-order valence-electron chi connectivity index (χ0n) is 9.61. The molecule has 0 aliphatic carbocycles. The van der Waals surface area contributed by atoms with Gasteiger partial charge in [-0.05, 0) is 44.3 Å². The molecule has 0 aliphatic heterocycles. The highest BCUT2D eigenvalue weighted by Crippen LogP contribution is 2.20. The Morgan fingerprint density at radius 2 is 2.00 bits per heavy atom. The summed E-state index contributed by atoms with van der Waals surface area (Å²) in [6.07, 6.45) is 1.78. The smallest absolute Gasteiger partial charge is 0.247 e. The molecule has 0 spiro atoms. The van der Waals surface area contributed by atoms with E-state index in [2.05, 4.69) is 15.5 Å². The highest BCUT2D eigenvalue weighted by atomic mass is 35.5. The van der Waals surface area contributed by atoms with Gasteiger partial charge in [-0.1, -0.05) is 11.6 Å². The standard InChI is InChI=1S/C12H14ClN3O/c1-14-8-2-3-11-15-16-12(17-11)9-4-6-10(13)7-5-9/h4-7,14H,2-3,8H2,1H3. The maximum Gasteiger partial charge on any atom is 0.247 e. The van der Waals surface area contributed by atoms with Crippen molar-refractivity contribution in [3.8, 4) is 11.5 Å². The molecule has 0 bridgehead atoms. The van der Waals surface area contributed by atoms with Crippen molar-refractivity contribution in [2.75, 3.05) is 13.6 Å². The Morgan fingerprint density at radius 1 is 1.24 bits per heavy atom. The molecule has 0 fully saturated rings. The molecule has 0 atom stereocenters. The molecule has 1 N–H and O–H groups in total. The summed E-state index contributed by atoms with van der Waals surface area (Å²) < 4.78 is 5.56. The zero-order chi connectivity index (χ0) is 12.1. The van der Waals surface area contributed by atoms with Crippen molar-refractivity contribution in [3.63, 3.8) is 0 Å². The number of nitrogens with one attached hydrogen (secondary N) is 1. The van der Waals surface area contributed by atoms with Gasteiger partial charge < -0.3 is 9.73 Å². The molecule has 1 aromatic heterocycles. The van der Waals surface area contributed by atoms with Gasteiger partial charge in [0, 0.05) is 17.0 Å². The molecule has 0 saturated heterocycles. The van der Waals surface area contributed by atoms with Crippen LogP contribution in [-0.4, -0.2) is 23.8 Å². The molecule has 17 heavy (non-hydrogen) atoms. The van der Waals surface area contributed by atoms with E-state index < -0.39 is 0 Å². The summed E-state index contributed by atoms with van der Waals surface area (Å²) in [5.41, 5.74) is 0.891. The molecule has 0 saturated carbocycles. The minimum atomic E-state index is 0.543. The van der Waals surface area contributed by atoms with Gasteiger partial charge in [-0.3, -0.25) is 0 Å². The van der Waals surface area contributed by atoms with Gasteiger partial charge in [-0.15, -0.1) is 10.2 Å². The quantitative estimate of drug-likeness (QED) is 0.830. The van der Waals surface area contributed by atoms with E-state index in [4.69, 9.17) is 16.0 Å². The fourth-order valence-electron chi connectivity index (χ4n) is 1.48. The van der Waals surface area contributed by atoms with Crippen LogP contribution >= 0.6 is 11.6 Å². The average molecular weight is 252 g/mol. The third-order valence-electron chi connectivity index (χ3n) is 2.38. The maximum atomic E-state index is 5.82. The van der Waals surface area contributed by atoms with Crippen molar-refractivity contribution in [2.24, 2.45) is 0 Å². The van der Waals surface area contributed by atoms with Gasteiger partial charge >= 0.3 is 0 Å². The Labute approximate surface area is 105 Å². The molecule has 4 nitrogen and oxygen atoms in total. The number of rotatable bonds is 5. The van der Waals surface area contributed by atoms with E-state index in [1.54, 1.807) is 0 Å². The van der Waals surface area contributed by atoms with E-state index in [1.807, 2.05) is 31.3 Å². The molecule has 0 aliphatic rings. The van der Waals surface area contributed by atoms with Crippen LogP contribution in [0.1, 0.15) is 12.3 Å². The SMILES string of the molecule is CNCCCc1nnc(-c2ccc(Cl)cc2)o1. The fraction of sp³-hybridized carbons (Fsp3) is 0.333. The van der Waals surface area contributed by atoms with Crippen LogP contribution in [0.4, 0.5) is 0 Å². The van der Waals surface area contributed by atoms with Crippen LogP contribution in [0.5, 0.6) is 0 Å². The predicted octanol–water partition coefficient (Wildman–Crippen LogP) is 2.54. The number of hydrogen-bond donors (Lipinski definition) is 1. The minimum Gasteiger partial charge on any atom is -0.421 e. The van der Waals surface area contributed by atoms with E-state index in [9.17, 15) is 0 Å². The number of halogens is 1. The Kier molecular flexibility index (Phi) is 4.12. The minimum absolute atomic E-state index is 0.543. The van der Waals surface area contributed by atoms with Gasteiger partial charge in [0.15, 0.2) is 0 Å². The van der Waals surface area contributed by atoms with E-state index >= 15 is 0 Å². The van der Waals surface area contributed by atoms with Crippen molar-refractivity contribution in [1.29, 1.82) is 0 Å². The van der Waals surface area contributed by atoms with E-state index in [-0.39, 0.29) is 0 Å². The van der Waals surface area contributed by atoms with Gasteiger partial charge in [0.2, 0.25) is 11.8 Å². The van der Waals surface area contributed by atoms with Crippen LogP contribution in [0, 0.1) is 0 Å². The first-order valence-electron chi connectivity index (χ1n) is 5.52. The average Bonchev–Trinajstić information content (AvgIpc) is 2.79. The highest BCUT2D eigenvalue weighted by molar-refractivity contribution is 6.30. The lowest BCUT2D eigenvalue weighted by atomic mass is 10.2. The molecule has 0 amide bonds. The summed E-state index contributed by atoms with van der Waals surface area (Å²) in [7, 11) is 1.92. The number of hydrogen-bond acceptors (Lipinski definition) is 4. The highest BCUT2D eigenvalue weighted by Gasteiger charge is 2.07. The second-order valence-electron chi connectivity index (χ2n) is 3.71. The molecule has 2 aromatic rings. The first-order valence-corrected chi connectivity index (χ1v) is 5.90. The predicted molar refractivity (Wildman–Crippen MR) is 67.0 cm³/mol. The van der Waals surface area contributed by atoms with Crippen LogP contribution in [0.15, 0.2) is 28.7 Å². The summed E-state index contributed by atoms with van der Waals surface area (Å²) in [5, 5.41) is 11.8. The van der Waals surface area contributed by atoms with E-state index in [0.717, 1.165) is 24.9 Å². The van der Waals surface area contributed by atoms with Crippen LogP contribution in [0.3, 0.4) is 0 Å². The Balaban J connectivity index is 2.04. The number of aromatic nitrogens is 2. The molecular weight excluding hydrogens is 238 g/mol. The summed E-state index contributed by atoms with van der Waals surface area (Å²) in [6, 6.07) is 7.35. The van der Waals surface area contributed by atoms with E-state index in [1.165, 1.54) is 0 Å². The molecule has 90 valence electrons. The molecule has 0 unspecified atom stereocenters. The molecule has 1 heterocycles. The topological polar surface area (TPSA) is 51.0 Å². The summed E-state index contributed by atoms with van der Waals surface area (Å²) >= 11 is 5.82. The van der Waals surface area contributed by atoms with Crippen molar-refractivity contribution in [1.82, 2.24) is 15.5 Å². The molecule has 1 aromatic carbocycles. The summed E-state index contributed by atoms with van der Waals surface area (Å²) in [4.78, 5) is 0. The van der Waals surface area contributed by atoms with Crippen LogP contribution in [-0.2, 0) is 6.42 Å². The Morgan fingerprint density at radius 3 is 2.71 bits per heavy atom. The Bertz CT molecular complexity index is 467. The first kappa shape index (κ1) is 12.1. The number of nitrogens with zero attached hydrogens (tertiary/aromatic N) is 2. The summed E-state index contributed by atoms with van der Waals surface area (Å²) in [6.45, 7) is 0.943. The normalized spacial score (nSPS) is 10.7. The lowest BCUT2D eigenvalue weighted by Crippen LogP contribution is -2.08. The largest absolute Gasteiger partial charge is 0.421 e. The second-order valence-corrected chi connectivity index (χ2v) is 4.15. The third kappa shape index (κ3) is 3.28. The van der Waals surface area contributed by atoms with Gasteiger partial charge in [0.05, 0.1) is 0 Å². The number of benzene rings is 1. The summed E-state index contributed by atoms with van der Waals surface area (Å²) in [5.74, 6) is 1.21. The van der Waals surface area contributed by atoms with E-state index in [0.29, 0.717) is 16.8 Å². The second kappa shape index (κ2) is 5.80. The number of aryl methyl sites for hydroxylation is 1. The van der Waals surface area contributed by atoms with Crippen molar-refractivity contribution in [3.05, 3.63) is 35.2 Å².